The Bertz CT molecular complexity index is 898. The molecule has 1 aromatic heterocycles. The third-order valence-corrected chi connectivity index (χ3v) is 12.0. The fraction of sp³-hybridized carbons (Fsp3) is 0.818. The number of nitrogens with zero attached hydrogens (tertiary/aromatic N) is 1. The molecule has 4 fully saturated rings. The van der Waals surface area contributed by atoms with Crippen LogP contribution in [0.5, 0.6) is 0 Å². The summed E-state index contributed by atoms with van der Waals surface area (Å²) in [5.74, 6) is 5.23. The molecule has 0 saturated heterocycles. The van der Waals surface area contributed by atoms with Crippen LogP contribution >= 0.6 is 0 Å². The van der Waals surface area contributed by atoms with Crippen LogP contribution in [-0.4, -0.2) is 16.8 Å². The average molecular weight is 493 g/mol. The van der Waals surface area contributed by atoms with Crippen LogP contribution < -0.4 is 5.32 Å². The number of hydrogen-bond acceptors (Lipinski definition) is 3. The van der Waals surface area contributed by atoms with Crippen molar-refractivity contribution in [2.45, 2.75) is 118 Å². The highest BCUT2D eigenvalue weighted by atomic mass is 16.1. The van der Waals surface area contributed by atoms with E-state index in [1.165, 1.54) is 57.8 Å². The van der Waals surface area contributed by atoms with Gasteiger partial charge in [0.2, 0.25) is 0 Å². The summed E-state index contributed by atoms with van der Waals surface area (Å²) >= 11 is 0. The van der Waals surface area contributed by atoms with Gasteiger partial charge in [-0.25, -0.2) is 0 Å². The summed E-state index contributed by atoms with van der Waals surface area (Å²) in [6, 6.07) is 6.67. The van der Waals surface area contributed by atoms with Gasteiger partial charge in [0.1, 0.15) is 5.78 Å². The van der Waals surface area contributed by atoms with Gasteiger partial charge in [0, 0.05) is 31.1 Å². The van der Waals surface area contributed by atoms with Crippen LogP contribution in [0, 0.1) is 52.3 Å². The zero-order valence-corrected chi connectivity index (χ0v) is 23.8. The molecule has 0 radical (unpaired) electrons. The van der Waals surface area contributed by atoms with Crippen LogP contribution in [0.2, 0.25) is 0 Å². The number of nitrogens with one attached hydrogen (secondary N) is 1. The van der Waals surface area contributed by atoms with Crippen molar-refractivity contribution in [1.82, 2.24) is 10.3 Å². The largest absolute Gasteiger partial charge is 0.308 e. The molecule has 1 aromatic rings. The number of rotatable bonds is 8. The molecular formula is C33H52N2O. The van der Waals surface area contributed by atoms with E-state index in [9.17, 15) is 4.79 Å². The molecule has 9 atom stereocenters. The lowest BCUT2D eigenvalue weighted by molar-refractivity contribution is -0.157. The summed E-state index contributed by atoms with van der Waals surface area (Å²) in [7, 11) is 0. The molecule has 0 aliphatic heterocycles. The molecule has 5 rings (SSSR count). The van der Waals surface area contributed by atoms with Gasteiger partial charge in [0.05, 0.1) is 5.69 Å². The van der Waals surface area contributed by atoms with E-state index in [4.69, 9.17) is 0 Å². The van der Waals surface area contributed by atoms with Crippen molar-refractivity contribution in [2.24, 2.45) is 52.3 Å². The maximum absolute atomic E-state index is 13.9. The Hall–Kier alpha value is -1.22. The van der Waals surface area contributed by atoms with E-state index in [0.717, 1.165) is 42.8 Å². The molecule has 200 valence electrons. The van der Waals surface area contributed by atoms with Gasteiger partial charge < -0.3 is 5.32 Å². The van der Waals surface area contributed by atoms with E-state index in [-0.39, 0.29) is 0 Å². The fourth-order valence-electron chi connectivity index (χ4n) is 9.89. The standard InChI is InChI=1S/C33H52N2O/c1-22(2)9-8-10-23(3)27-12-13-28-31-29(15-17-33(27,28)5)32(4)16-14-25(19-24(32)20-30(31)36)35-21-26-11-6-7-18-34-26/h6-7,11,18,22-25,27-29,31,35H,8-10,12-17,19-21H2,1-5H3/t23-,24-,25-,27-,28+,29+,31+,32+,33-/m1/s1. The van der Waals surface area contributed by atoms with Gasteiger partial charge in [0.25, 0.3) is 0 Å². The van der Waals surface area contributed by atoms with Crippen molar-refractivity contribution in [1.29, 1.82) is 0 Å². The van der Waals surface area contributed by atoms with E-state index in [1.54, 1.807) is 0 Å². The molecule has 3 nitrogen and oxygen atoms in total. The van der Waals surface area contributed by atoms with E-state index in [2.05, 4.69) is 57.1 Å². The minimum atomic E-state index is 0.343. The van der Waals surface area contributed by atoms with Crippen LogP contribution in [0.15, 0.2) is 24.4 Å². The number of Topliss-reactive ketones (excluding diaryl/α,β-unsaturated/α-hetero) is 1. The van der Waals surface area contributed by atoms with Crippen molar-refractivity contribution in [3.63, 3.8) is 0 Å². The first kappa shape index (κ1) is 26.4. The number of ketones is 1. The smallest absolute Gasteiger partial charge is 0.136 e. The Morgan fingerprint density at radius 2 is 1.78 bits per heavy atom. The molecule has 4 saturated carbocycles. The van der Waals surface area contributed by atoms with Crippen molar-refractivity contribution in [3.8, 4) is 0 Å². The van der Waals surface area contributed by atoms with E-state index >= 15 is 0 Å². The van der Waals surface area contributed by atoms with Gasteiger partial charge in [-0.15, -0.1) is 0 Å². The summed E-state index contributed by atoms with van der Waals surface area (Å²) in [4.78, 5) is 18.4. The third kappa shape index (κ3) is 4.83. The Morgan fingerprint density at radius 1 is 1.00 bits per heavy atom. The van der Waals surface area contributed by atoms with Gasteiger partial charge in [0.15, 0.2) is 0 Å². The van der Waals surface area contributed by atoms with Crippen molar-refractivity contribution >= 4 is 5.78 Å². The minimum absolute atomic E-state index is 0.343. The van der Waals surface area contributed by atoms with Crippen LogP contribution in [-0.2, 0) is 11.3 Å². The third-order valence-electron chi connectivity index (χ3n) is 12.0. The van der Waals surface area contributed by atoms with Gasteiger partial charge in [-0.1, -0.05) is 59.9 Å². The first-order chi connectivity index (χ1) is 17.2. The Morgan fingerprint density at radius 3 is 2.53 bits per heavy atom. The summed E-state index contributed by atoms with van der Waals surface area (Å²) < 4.78 is 0. The molecule has 4 aliphatic rings. The van der Waals surface area contributed by atoms with Crippen LogP contribution in [0.3, 0.4) is 0 Å². The molecule has 0 aromatic carbocycles. The molecule has 1 heterocycles. The Labute approximate surface area is 221 Å². The van der Waals surface area contributed by atoms with Gasteiger partial charge in [-0.2, -0.15) is 0 Å². The number of hydrogen-bond donors (Lipinski definition) is 1. The predicted molar refractivity (Wildman–Crippen MR) is 148 cm³/mol. The highest BCUT2D eigenvalue weighted by molar-refractivity contribution is 5.83. The fourth-order valence-corrected chi connectivity index (χ4v) is 9.89. The number of fused-ring (bicyclic) bond motifs is 5. The lowest BCUT2D eigenvalue weighted by atomic mass is 9.44. The monoisotopic (exact) mass is 492 g/mol. The second kappa shape index (κ2) is 10.5. The molecule has 0 unspecified atom stereocenters. The molecular weight excluding hydrogens is 440 g/mol. The lowest BCUT2D eigenvalue weighted by Crippen LogP contribution is -2.58. The zero-order valence-electron chi connectivity index (χ0n) is 23.8. The zero-order chi connectivity index (χ0) is 25.5. The maximum Gasteiger partial charge on any atom is 0.136 e. The minimum Gasteiger partial charge on any atom is -0.308 e. The average Bonchev–Trinajstić information content (AvgIpc) is 3.21. The second-order valence-corrected chi connectivity index (χ2v) is 14.3. The first-order valence-corrected chi connectivity index (χ1v) is 15.4. The van der Waals surface area contributed by atoms with E-state index in [0.29, 0.717) is 46.3 Å². The topological polar surface area (TPSA) is 42.0 Å². The second-order valence-electron chi connectivity index (χ2n) is 14.3. The van der Waals surface area contributed by atoms with Crippen LogP contribution in [0.4, 0.5) is 0 Å². The summed E-state index contributed by atoms with van der Waals surface area (Å²) in [6.07, 6.45) is 15.8. The van der Waals surface area contributed by atoms with E-state index in [1.807, 2.05) is 12.3 Å². The molecule has 4 aliphatic carbocycles. The molecule has 3 heteroatoms. The normalized spacial score (nSPS) is 41.0. The summed E-state index contributed by atoms with van der Waals surface area (Å²) in [5, 5.41) is 3.79. The van der Waals surface area contributed by atoms with Crippen molar-refractivity contribution in [2.75, 3.05) is 0 Å². The predicted octanol–water partition coefficient (Wildman–Crippen LogP) is 7.84. The van der Waals surface area contributed by atoms with Crippen LogP contribution in [0.25, 0.3) is 0 Å². The molecule has 0 spiro atoms. The number of carbonyl (C=O) groups excluding carboxylic acids is 1. The molecule has 1 N–H and O–H groups in total. The van der Waals surface area contributed by atoms with Gasteiger partial charge in [-0.05, 0) is 103 Å². The van der Waals surface area contributed by atoms with Crippen molar-refractivity contribution in [3.05, 3.63) is 30.1 Å². The number of pyridine rings is 1. The maximum atomic E-state index is 13.9. The quantitative estimate of drug-likeness (QED) is 0.402. The first-order valence-electron chi connectivity index (χ1n) is 15.4. The number of aromatic nitrogens is 1. The van der Waals surface area contributed by atoms with E-state index < -0.39 is 0 Å². The highest BCUT2D eigenvalue weighted by Crippen LogP contribution is 2.67. The Kier molecular flexibility index (Phi) is 7.70. The van der Waals surface area contributed by atoms with Gasteiger partial charge in [-0.3, -0.25) is 9.78 Å². The summed E-state index contributed by atoms with van der Waals surface area (Å²) in [6.45, 7) is 13.3. The molecule has 0 bridgehead atoms. The number of carbonyl (C=O) groups is 1. The summed E-state index contributed by atoms with van der Waals surface area (Å²) in [5.41, 5.74) is 1.86. The van der Waals surface area contributed by atoms with Crippen LogP contribution in [0.1, 0.15) is 111 Å². The van der Waals surface area contributed by atoms with Crippen molar-refractivity contribution < 1.29 is 4.79 Å². The molecule has 36 heavy (non-hydrogen) atoms. The Balaban J connectivity index is 1.25. The molecule has 0 amide bonds. The highest BCUT2D eigenvalue weighted by Gasteiger charge is 2.63. The van der Waals surface area contributed by atoms with Gasteiger partial charge >= 0.3 is 0 Å². The SMILES string of the molecule is CC(C)CCC[C@@H](C)[C@H]1CC[C@H]2[C@@H]3C(=O)C[C@H]4C[C@H](NCc5ccccn5)CC[C@]4(C)[C@H]3CC[C@]12C. The lowest BCUT2D eigenvalue weighted by Gasteiger charge is -2.60.